The van der Waals surface area contributed by atoms with Gasteiger partial charge in [0.2, 0.25) is 0 Å². The smallest absolute Gasteiger partial charge is 0.314 e. The lowest BCUT2D eigenvalue weighted by Crippen LogP contribution is -2.24. The van der Waals surface area contributed by atoms with Gasteiger partial charge in [-0.25, -0.2) is 4.79 Å². The van der Waals surface area contributed by atoms with Gasteiger partial charge in [-0.15, -0.1) is 0 Å². The molecule has 0 aromatic heterocycles. The molecule has 3 nitrogen and oxygen atoms in total. The van der Waals surface area contributed by atoms with Gasteiger partial charge in [0.15, 0.2) is 0 Å². The normalized spacial score (nSPS) is 11.6. The lowest BCUT2D eigenvalue weighted by atomic mass is 10.1. The fraction of sp³-hybridized carbons (Fsp3) is 0.357. The van der Waals surface area contributed by atoms with Crippen molar-refractivity contribution in [2.45, 2.75) is 27.7 Å². The van der Waals surface area contributed by atoms with E-state index in [0.29, 0.717) is 5.92 Å². The molecule has 0 aliphatic heterocycles. The number of benzene rings is 1. The standard InChI is InChI=1S/C14H19BrN2O/c1-9(2)11(4)8-16-14(18)17-12-5-6-13(15)10(3)7-12/h5-9H,1-4H3,(H2,16,17,18)/b11-8+. The fourth-order valence-electron chi connectivity index (χ4n) is 1.24. The molecule has 2 N–H and O–H groups in total. The highest BCUT2D eigenvalue weighted by Gasteiger charge is 2.02. The molecule has 2 amide bonds. The molecule has 0 unspecified atom stereocenters. The van der Waals surface area contributed by atoms with Crippen LogP contribution in [-0.2, 0) is 0 Å². The zero-order chi connectivity index (χ0) is 13.7. The van der Waals surface area contributed by atoms with Crippen molar-refractivity contribution in [3.05, 3.63) is 40.0 Å². The molecular formula is C14H19BrN2O. The first kappa shape index (κ1) is 14.8. The van der Waals surface area contributed by atoms with Crippen molar-refractivity contribution in [1.82, 2.24) is 5.32 Å². The number of aryl methyl sites for hydroxylation is 1. The van der Waals surface area contributed by atoms with E-state index in [2.05, 4.69) is 40.4 Å². The van der Waals surface area contributed by atoms with E-state index in [1.807, 2.05) is 32.0 Å². The maximum Gasteiger partial charge on any atom is 0.323 e. The fourth-order valence-corrected chi connectivity index (χ4v) is 1.48. The van der Waals surface area contributed by atoms with Crippen molar-refractivity contribution in [3.63, 3.8) is 0 Å². The molecule has 0 aliphatic rings. The highest BCUT2D eigenvalue weighted by Crippen LogP contribution is 2.19. The number of hydrogen-bond donors (Lipinski definition) is 2. The van der Waals surface area contributed by atoms with Gasteiger partial charge in [-0.05, 0) is 43.5 Å². The predicted octanol–water partition coefficient (Wildman–Crippen LogP) is 4.44. The van der Waals surface area contributed by atoms with Crippen LogP contribution in [0.1, 0.15) is 26.3 Å². The van der Waals surface area contributed by atoms with Crippen LogP contribution < -0.4 is 10.6 Å². The minimum Gasteiger partial charge on any atom is -0.314 e. The van der Waals surface area contributed by atoms with Crippen LogP contribution >= 0.6 is 15.9 Å². The lowest BCUT2D eigenvalue weighted by Gasteiger charge is -2.08. The Labute approximate surface area is 117 Å². The average molecular weight is 311 g/mol. The summed E-state index contributed by atoms with van der Waals surface area (Å²) in [6.45, 7) is 8.15. The largest absolute Gasteiger partial charge is 0.323 e. The van der Waals surface area contributed by atoms with E-state index in [9.17, 15) is 4.79 Å². The number of urea groups is 1. The Morgan fingerprint density at radius 1 is 1.39 bits per heavy atom. The molecule has 0 atom stereocenters. The topological polar surface area (TPSA) is 41.1 Å². The van der Waals surface area contributed by atoms with E-state index < -0.39 is 0 Å². The predicted molar refractivity (Wildman–Crippen MR) is 79.6 cm³/mol. The van der Waals surface area contributed by atoms with Gasteiger partial charge in [0.25, 0.3) is 0 Å². The maximum absolute atomic E-state index is 11.7. The Hall–Kier alpha value is -1.29. The SMILES string of the molecule is C/C(=C\NC(=O)Nc1ccc(Br)c(C)c1)C(C)C. The van der Waals surface area contributed by atoms with Crippen LogP contribution in [0.5, 0.6) is 0 Å². The zero-order valence-electron chi connectivity index (χ0n) is 11.2. The number of carbonyl (C=O) groups excluding carboxylic acids is 1. The third-order valence-corrected chi connectivity index (χ3v) is 3.65. The summed E-state index contributed by atoms with van der Waals surface area (Å²) in [5.74, 6) is 0.431. The molecular weight excluding hydrogens is 292 g/mol. The van der Waals surface area contributed by atoms with Gasteiger partial charge in [0.1, 0.15) is 0 Å². The van der Waals surface area contributed by atoms with Crippen LogP contribution in [0.4, 0.5) is 10.5 Å². The summed E-state index contributed by atoms with van der Waals surface area (Å²) in [6, 6.07) is 5.47. The third-order valence-electron chi connectivity index (χ3n) is 2.76. The molecule has 4 heteroatoms. The highest BCUT2D eigenvalue weighted by molar-refractivity contribution is 9.10. The van der Waals surface area contributed by atoms with Gasteiger partial charge in [-0.3, -0.25) is 0 Å². The van der Waals surface area contributed by atoms with Crippen LogP contribution in [0.3, 0.4) is 0 Å². The molecule has 0 bridgehead atoms. The molecule has 1 rings (SSSR count). The van der Waals surface area contributed by atoms with Gasteiger partial charge < -0.3 is 10.6 Å². The Bertz CT molecular complexity index is 467. The highest BCUT2D eigenvalue weighted by atomic mass is 79.9. The summed E-state index contributed by atoms with van der Waals surface area (Å²) in [5.41, 5.74) is 3.00. The van der Waals surface area contributed by atoms with Crippen molar-refractivity contribution in [3.8, 4) is 0 Å². The number of allylic oxidation sites excluding steroid dienone is 1. The van der Waals surface area contributed by atoms with E-state index in [-0.39, 0.29) is 6.03 Å². The molecule has 0 spiro atoms. The van der Waals surface area contributed by atoms with Crippen LogP contribution in [0.2, 0.25) is 0 Å². The molecule has 0 fully saturated rings. The van der Waals surface area contributed by atoms with Gasteiger partial charge in [-0.1, -0.05) is 35.4 Å². The van der Waals surface area contributed by atoms with Crippen molar-refractivity contribution < 1.29 is 4.79 Å². The van der Waals surface area contributed by atoms with Crippen molar-refractivity contribution in [2.75, 3.05) is 5.32 Å². The molecule has 0 aliphatic carbocycles. The molecule has 0 saturated heterocycles. The average Bonchev–Trinajstić information content (AvgIpc) is 2.30. The molecule has 1 aromatic carbocycles. The van der Waals surface area contributed by atoms with E-state index in [1.165, 1.54) is 0 Å². The minimum absolute atomic E-state index is 0.225. The first-order valence-electron chi connectivity index (χ1n) is 5.90. The summed E-state index contributed by atoms with van der Waals surface area (Å²) in [4.78, 5) is 11.7. The Balaban J connectivity index is 2.60. The number of amides is 2. The Kier molecular flexibility index (Phi) is 5.41. The maximum atomic E-state index is 11.7. The van der Waals surface area contributed by atoms with Gasteiger partial charge >= 0.3 is 6.03 Å². The van der Waals surface area contributed by atoms with Crippen LogP contribution in [0, 0.1) is 12.8 Å². The van der Waals surface area contributed by atoms with Gasteiger partial charge in [-0.2, -0.15) is 0 Å². The number of hydrogen-bond acceptors (Lipinski definition) is 1. The van der Waals surface area contributed by atoms with Crippen LogP contribution in [0.15, 0.2) is 34.4 Å². The number of rotatable bonds is 3. The molecule has 18 heavy (non-hydrogen) atoms. The monoisotopic (exact) mass is 310 g/mol. The van der Waals surface area contributed by atoms with E-state index >= 15 is 0 Å². The summed E-state index contributed by atoms with van der Waals surface area (Å²) < 4.78 is 1.03. The molecule has 0 saturated carbocycles. The molecule has 0 radical (unpaired) electrons. The van der Waals surface area contributed by atoms with Crippen LogP contribution in [-0.4, -0.2) is 6.03 Å². The molecule has 98 valence electrons. The summed E-state index contributed by atoms with van der Waals surface area (Å²) in [7, 11) is 0. The van der Waals surface area contributed by atoms with E-state index in [4.69, 9.17) is 0 Å². The van der Waals surface area contributed by atoms with Gasteiger partial charge in [0, 0.05) is 16.4 Å². The van der Waals surface area contributed by atoms with Crippen LogP contribution in [0.25, 0.3) is 0 Å². The number of anilines is 1. The first-order valence-corrected chi connectivity index (χ1v) is 6.69. The van der Waals surface area contributed by atoms with Crippen molar-refractivity contribution in [2.24, 2.45) is 5.92 Å². The minimum atomic E-state index is -0.225. The lowest BCUT2D eigenvalue weighted by molar-refractivity contribution is 0.255. The summed E-state index contributed by atoms with van der Waals surface area (Å²) in [5, 5.41) is 5.51. The van der Waals surface area contributed by atoms with Crippen molar-refractivity contribution >= 4 is 27.6 Å². The second-order valence-electron chi connectivity index (χ2n) is 4.61. The number of halogens is 1. The second kappa shape index (κ2) is 6.59. The quantitative estimate of drug-likeness (QED) is 0.851. The number of nitrogens with one attached hydrogen (secondary N) is 2. The Morgan fingerprint density at radius 2 is 2.06 bits per heavy atom. The van der Waals surface area contributed by atoms with Crippen molar-refractivity contribution in [1.29, 1.82) is 0 Å². The molecule has 0 heterocycles. The summed E-state index contributed by atoms with van der Waals surface area (Å²) in [6.07, 6.45) is 1.74. The van der Waals surface area contributed by atoms with E-state index in [0.717, 1.165) is 21.3 Å². The van der Waals surface area contributed by atoms with E-state index in [1.54, 1.807) is 6.20 Å². The van der Waals surface area contributed by atoms with Gasteiger partial charge in [0.05, 0.1) is 0 Å². The molecule has 1 aromatic rings. The summed E-state index contributed by atoms with van der Waals surface area (Å²) >= 11 is 3.42. The Morgan fingerprint density at radius 3 is 2.61 bits per heavy atom. The number of carbonyl (C=O) groups is 1. The third kappa shape index (κ3) is 4.53. The first-order chi connectivity index (χ1) is 8.40. The zero-order valence-corrected chi connectivity index (χ0v) is 12.8. The second-order valence-corrected chi connectivity index (χ2v) is 5.46.